The van der Waals surface area contributed by atoms with E-state index in [9.17, 15) is 5.11 Å². The van der Waals surface area contributed by atoms with Crippen LogP contribution in [-0.4, -0.2) is 31.2 Å². The first kappa shape index (κ1) is 13.4. The lowest BCUT2D eigenvalue weighted by Crippen LogP contribution is -2.07. The van der Waals surface area contributed by atoms with Crippen molar-refractivity contribution in [3.8, 4) is 11.9 Å². The lowest BCUT2D eigenvalue weighted by Gasteiger charge is -2.15. The number of ether oxygens (including phenoxy) is 1. The number of aromatic hydroxyl groups is 1. The van der Waals surface area contributed by atoms with Gasteiger partial charge < -0.3 is 9.84 Å². The molecule has 1 atom stereocenters. The van der Waals surface area contributed by atoms with Gasteiger partial charge in [0.05, 0.1) is 18.8 Å². The summed E-state index contributed by atoms with van der Waals surface area (Å²) in [5.41, 5.74) is 1.96. The number of benzene rings is 1. The first-order chi connectivity index (χ1) is 10.2. The van der Waals surface area contributed by atoms with Crippen molar-refractivity contribution < 1.29 is 9.84 Å². The van der Waals surface area contributed by atoms with Gasteiger partial charge in [0.15, 0.2) is 5.65 Å². The zero-order valence-corrected chi connectivity index (χ0v) is 11.9. The van der Waals surface area contributed by atoms with Crippen LogP contribution in [0.4, 0.5) is 0 Å². The molecule has 2 heterocycles. The molecule has 0 amide bonds. The normalized spacial score (nSPS) is 12.5. The van der Waals surface area contributed by atoms with Crippen molar-refractivity contribution in [3.63, 3.8) is 0 Å². The van der Waals surface area contributed by atoms with Crippen LogP contribution in [0.15, 0.2) is 36.5 Å². The number of aromatic nitrogens is 4. The van der Waals surface area contributed by atoms with Crippen LogP contribution in [-0.2, 0) is 0 Å². The van der Waals surface area contributed by atoms with E-state index in [2.05, 4.69) is 15.0 Å². The van der Waals surface area contributed by atoms with Gasteiger partial charge >= 0.3 is 0 Å². The number of hydrogen-bond acceptors (Lipinski definition) is 5. The van der Waals surface area contributed by atoms with E-state index in [1.54, 1.807) is 4.57 Å². The summed E-state index contributed by atoms with van der Waals surface area (Å²) in [6.45, 7) is 4.37. The van der Waals surface area contributed by atoms with Gasteiger partial charge in [-0.1, -0.05) is 30.3 Å². The van der Waals surface area contributed by atoms with E-state index in [0.29, 0.717) is 23.8 Å². The van der Waals surface area contributed by atoms with Crippen LogP contribution in [0, 0.1) is 0 Å². The van der Waals surface area contributed by atoms with E-state index in [0.717, 1.165) is 5.56 Å². The van der Waals surface area contributed by atoms with Crippen LogP contribution >= 0.6 is 0 Å². The molecule has 6 heteroatoms. The summed E-state index contributed by atoms with van der Waals surface area (Å²) in [6.07, 6.45) is 1.51. The molecule has 0 radical (unpaired) electrons. The molecule has 0 spiro atoms. The van der Waals surface area contributed by atoms with Crippen LogP contribution in [0.1, 0.15) is 25.5 Å². The summed E-state index contributed by atoms with van der Waals surface area (Å²) < 4.78 is 7.02. The van der Waals surface area contributed by atoms with E-state index in [1.165, 1.54) is 6.20 Å². The molecular weight excluding hydrogens is 268 g/mol. The lowest BCUT2D eigenvalue weighted by molar-refractivity contribution is 0.326. The van der Waals surface area contributed by atoms with Crippen LogP contribution in [0.2, 0.25) is 0 Å². The topological polar surface area (TPSA) is 73.1 Å². The number of imidazole rings is 1. The maximum atomic E-state index is 10.1. The van der Waals surface area contributed by atoms with Crippen LogP contribution in [0.25, 0.3) is 11.3 Å². The Labute approximate surface area is 122 Å². The second kappa shape index (κ2) is 5.40. The monoisotopic (exact) mass is 284 g/mol. The molecule has 1 aromatic carbocycles. The van der Waals surface area contributed by atoms with Gasteiger partial charge in [-0.3, -0.25) is 4.57 Å². The molecule has 108 valence electrons. The Bertz CT molecular complexity index is 755. The SMILES string of the molecule is CCOc1cnc2nc(O)n(C(C)c3ccccc3)c2n1. The smallest absolute Gasteiger partial charge is 0.298 e. The van der Waals surface area contributed by atoms with E-state index in [4.69, 9.17) is 4.74 Å². The van der Waals surface area contributed by atoms with E-state index in [1.807, 2.05) is 44.2 Å². The fourth-order valence-corrected chi connectivity index (χ4v) is 2.30. The average molecular weight is 284 g/mol. The lowest BCUT2D eigenvalue weighted by atomic mass is 10.1. The molecule has 0 bridgehead atoms. The quantitative estimate of drug-likeness (QED) is 0.797. The second-order valence-electron chi connectivity index (χ2n) is 4.66. The predicted octanol–water partition coefficient (Wildman–Crippen LogP) is 2.54. The molecule has 3 aromatic rings. The molecule has 3 rings (SSSR count). The third-order valence-corrected chi connectivity index (χ3v) is 3.32. The fourth-order valence-electron chi connectivity index (χ4n) is 2.30. The predicted molar refractivity (Wildman–Crippen MR) is 78.4 cm³/mol. The molecule has 0 fully saturated rings. The zero-order chi connectivity index (χ0) is 14.8. The molecule has 0 aliphatic heterocycles. The fraction of sp³-hybridized carbons (Fsp3) is 0.267. The summed E-state index contributed by atoms with van der Waals surface area (Å²) >= 11 is 0. The average Bonchev–Trinajstić information content (AvgIpc) is 2.83. The molecule has 21 heavy (non-hydrogen) atoms. The molecule has 2 aromatic heterocycles. The highest BCUT2D eigenvalue weighted by Crippen LogP contribution is 2.28. The van der Waals surface area contributed by atoms with Gasteiger partial charge in [0.1, 0.15) is 0 Å². The molecule has 0 aliphatic carbocycles. The standard InChI is InChI=1S/C15H16N4O2/c1-3-21-12-9-16-13-14(17-12)19(15(20)18-13)10(2)11-7-5-4-6-8-11/h4-10H,3H2,1-2H3,(H,16,18,20). The van der Waals surface area contributed by atoms with Crippen LogP contribution in [0.5, 0.6) is 11.9 Å². The van der Waals surface area contributed by atoms with Crippen molar-refractivity contribution in [2.24, 2.45) is 0 Å². The van der Waals surface area contributed by atoms with Gasteiger partial charge in [-0.15, -0.1) is 0 Å². The Morgan fingerprint density at radius 1 is 1.24 bits per heavy atom. The van der Waals surface area contributed by atoms with E-state index in [-0.39, 0.29) is 12.1 Å². The van der Waals surface area contributed by atoms with Gasteiger partial charge in [-0.25, -0.2) is 4.98 Å². The third kappa shape index (κ3) is 2.40. The molecule has 0 saturated carbocycles. The van der Waals surface area contributed by atoms with Crippen molar-refractivity contribution in [1.82, 2.24) is 19.5 Å². The van der Waals surface area contributed by atoms with Gasteiger partial charge in [0, 0.05) is 0 Å². The second-order valence-corrected chi connectivity index (χ2v) is 4.66. The Hall–Kier alpha value is -2.63. The maximum absolute atomic E-state index is 10.1. The molecule has 1 N–H and O–H groups in total. The molecule has 0 saturated heterocycles. The maximum Gasteiger partial charge on any atom is 0.298 e. The van der Waals surface area contributed by atoms with Crippen molar-refractivity contribution in [3.05, 3.63) is 42.1 Å². The summed E-state index contributed by atoms with van der Waals surface area (Å²) in [5.74, 6) is 0.423. The van der Waals surface area contributed by atoms with E-state index >= 15 is 0 Å². The zero-order valence-electron chi connectivity index (χ0n) is 11.9. The van der Waals surface area contributed by atoms with Crippen molar-refractivity contribution in [1.29, 1.82) is 0 Å². The first-order valence-corrected chi connectivity index (χ1v) is 6.82. The summed E-state index contributed by atoms with van der Waals surface area (Å²) in [7, 11) is 0. The molecule has 1 unspecified atom stereocenters. The minimum absolute atomic E-state index is 0.102. The van der Waals surface area contributed by atoms with Crippen LogP contribution in [0.3, 0.4) is 0 Å². The third-order valence-electron chi connectivity index (χ3n) is 3.32. The van der Waals surface area contributed by atoms with Crippen LogP contribution < -0.4 is 4.74 Å². The van der Waals surface area contributed by atoms with E-state index < -0.39 is 0 Å². The number of rotatable bonds is 4. The summed E-state index contributed by atoms with van der Waals surface area (Å²) in [6, 6.07) is 9.65. The highest BCUT2D eigenvalue weighted by atomic mass is 16.5. The highest BCUT2D eigenvalue weighted by molar-refractivity contribution is 5.68. The Kier molecular flexibility index (Phi) is 3.43. The Morgan fingerprint density at radius 2 is 2.00 bits per heavy atom. The minimum Gasteiger partial charge on any atom is -0.480 e. The number of hydrogen-bond donors (Lipinski definition) is 1. The Morgan fingerprint density at radius 3 is 2.71 bits per heavy atom. The number of fused-ring (bicyclic) bond motifs is 1. The van der Waals surface area contributed by atoms with Gasteiger partial charge in [0.2, 0.25) is 11.5 Å². The summed E-state index contributed by atoms with van der Waals surface area (Å²) in [4.78, 5) is 12.6. The molecule has 0 aliphatic rings. The minimum atomic E-state index is -0.109. The molecular formula is C15H16N4O2. The van der Waals surface area contributed by atoms with Crippen molar-refractivity contribution in [2.45, 2.75) is 19.9 Å². The highest BCUT2D eigenvalue weighted by Gasteiger charge is 2.19. The Balaban J connectivity index is 2.12. The van der Waals surface area contributed by atoms with Gasteiger partial charge in [-0.05, 0) is 19.4 Å². The number of nitrogens with zero attached hydrogens (tertiary/aromatic N) is 4. The van der Waals surface area contributed by atoms with Gasteiger partial charge in [0.25, 0.3) is 6.01 Å². The van der Waals surface area contributed by atoms with Gasteiger partial charge in [-0.2, -0.15) is 9.97 Å². The van der Waals surface area contributed by atoms with Crippen molar-refractivity contribution in [2.75, 3.05) is 6.61 Å². The van der Waals surface area contributed by atoms with Crippen molar-refractivity contribution >= 4 is 11.3 Å². The first-order valence-electron chi connectivity index (χ1n) is 6.82. The largest absolute Gasteiger partial charge is 0.480 e. The summed E-state index contributed by atoms with van der Waals surface area (Å²) in [5, 5.41) is 10.1. The molecule has 6 nitrogen and oxygen atoms in total.